The number of pyridine rings is 2. The largest absolute Gasteiger partial charge is 0.265 e. The van der Waals surface area contributed by atoms with Gasteiger partial charge in [-0.3, -0.25) is 29.9 Å². The van der Waals surface area contributed by atoms with Crippen molar-refractivity contribution in [2.75, 3.05) is 0 Å². The first kappa shape index (κ1) is 40.8. The van der Waals surface area contributed by atoms with E-state index in [-0.39, 0.29) is 0 Å². The zero-order valence-corrected chi connectivity index (χ0v) is 38.0. The first-order valence-electron chi connectivity index (χ1n) is 23.3. The van der Waals surface area contributed by atoms with Gasteiger partial charge in [-0.25, -0.2) is 29.9 Å². The summed E-state index contributed by atoms with van der Waals surface area (Å²) in [6.07, 6.45) is 14.0. The maximum atomic E-state index is 5.25. The van der Waals surface area contributed by atoms with Gasteiger partial charge in [-0.1, -0.05) is 97.1 Å². The second kappa shape index (κ2) is 16.8. The maximum Gasteiger partial charge on any atom is 0.166 e. The monoisotopic (exact) mass is 922 g/mol. The standard InChI is InChI=1S/C60H34N12/c1-3-47(53-49(5-1)63-31-33-65-53)59-70-58(71-60(72-59)48-4-2-6-50-54(48)66-34-32-64-50)46-22-18-40-15-19-43-45(21-17-39-16-20-44(46)52(40)51(39)43)57-68-55(41-11-7-35(8-12-41)37-23-27-61-28-24-37)67-56(69-57)42-13-9-36(10-14-42)38-25-29-62-30-26-38/h1-34H. The quantitative estimate of drug-likeness (QED) is 0.133. The van der Waals surface area contributed by atoms with Crippen LogP contribution in [0.4, 0.5) is 0 Å². The normalized spacial score (nSPS) is 11.6. The van der Waals surface area contributed by atoms with Gasteiger partial charge in [0.25, 0.3) is 0 Å². The second-order valence-electron chi connectivity index (χ2n) is 17.3. The Morgan fingerprint density at radius 2 is 0.583 bits per heavy atom. The molecular weight excluding hydrogens is 889 g/mol. The van der Waals surface area contributed by atoms with E-state index < -0.39 is 0 Å². The Bertz CT molecular complexity index is 4170. The maximum absolute atomic E-state index is 5.25. The van der Waals surface area contributed by atoms with Gasteiger partial charge >= 0.3 is 0 Å². The Labute approximate surface area is 410 Å². The third-order valence-electron chi connectivity index (χ3n) is 13.2. The average Bonchev–Trinajstić information content (AvgIpc) is 3.46. The molecule has 0 saturated carbocycles. The van der Waals surface area contributed by atoms with Gasteiger partial charge in [-0.05, 0) is 115 Å². The Morgan fingerprint density at radius 1 is 0.236 bits per heavy atom. The summed E-state index contributed by atoms with van der Waals surface area (Å²) in [7, 11) is 0. The van der Waals surface area contributed by atoms with Crippen molar-refractivity contribution in [2.45, 2.75) is 0 Å². The summed E-state index contributed by atoms with van der Waals surface area (Å²) in [6, 6.07) is 53.6. The number of aromatic nitrogens is 12. The molecule has 12 nitrogen and oxygen atoms in total. The zero-order chi connectivity index (χ0) is 47.5. The molecule has 0 bridgehead atoms. The third-order valence-corrected chi connectivity index (χ3v) is 13.2. The number of hydrogen-bond acceptors (Lipinski definition) is 12. The molecule has 0 unspecified atom stereocenters. The minimum absolute atomic E-state index is 0.468. The van der Waals surface area contributed by atoms with E-state index in [0.717, 1.165) is 99.0 Å². The van der Waals surface area contributed by atoms with E-state index in [1.807, 2.05) is 60.7 Å². The van der Waals surface area contributed by atoms with Crippen LogP contribution in [0.5, 0.6) is 0 Å². The van der Waals surface area contributed by atoms with E-state index in [9.17, 15) is 0 Å². The van der Waals surface area contributed by atoms with Crippen LogP contribution < -0.4 is 0 Å². The number of para-hydroxylation sites is 2. The van der Waals surface area contributed by atoms with Crippen molar-refractivity contribution in [3.8, 4) is 90.6 Å². The zero-order valence-electron chi connectivity index (χ0n) is 38.0. The summed E-state index contributed by atoms with van der Waals surface area (Å²) < 4.78 is 0. The van der Waals surface area contributed by atoms with Gasteiger partial charge in [0.2, 0.25) is 0 Å². The van der Waals surface area contributed by atoms with Crippen LogP contribution in [0, 0.1) is 0 Å². The van der Waals surface area contributed by atoms with Crippen LogP contribution in [-0.2, 0) is 0 Å². The lowest BCUT2D eigenvalue weighted by Gasteiger charge is -2.17. The number of fused-ring (bicyclic) bond motifs is 2. The molecule has 14 aromatic rings. The fourth-order valence-corrected chi connectivity index (χ4v) is 9.74. The fourth-order valence-electron chi connectivity index (χ4n) is 9.74. The molecule has 334 valence electrons. The van der Waals surface area contributed by atoms with Crippen molar-refractivity contribution in [3.05, 3.63) is 207 Å². The summed E-state index contributed by atoms with van der Waals surface area (Å²) in [5, 5.41) is 6.31. The summed E-state index contributed by atoms with van der Waals surface area (Å²) in [5.41, 5.74) is 12.1. The summed E-state index contributed by atoms with van der Waals surface area (Å²) in [6.45, 7) is 0. The molecule has 14 rings (SSSR count). The van der Waals surface area contributed by atoms with Crippen LogP contribution in [0.3, 0.4) is 0 Å². The second-order valence-corrected chi connectivity index (χ2v) is 17.3. The molecule has 0 radical (unpaired) electrons. The SMILES string of the molecule is c1cc(-c2nc(-c3ccc4ccc5c(-c6nc(-c7ccc(-c8ccncc8)cc7)nc(-c7ccc(-c8ccncc8)cc7)n6)ccc6ccc3c4c65)nc(-c3cccc4nccnc34)n2)c2nccnc2c1. The van der Waals surface area contributed by atoms with Crippen molar-refractivity contribution >= 4 is 54.4 Å². The van der Waals surface area contributed by atoms with Crippen LogP contribution in [0.1, 0.15) is 0 Å². The molecule has 0 aliphatic rings. The highest BCUT2D eigenvalue weighted by Crippen LogP contribution is 2.43. The Morgan fingerprint density at radius 3 is 1.03 bits per heavy atom. The van der Waals surface area contributed by atoms with Crippen molar-refractivity contribution in [1.82, 2.24) is 59.8 Å². The van der Waals surface area contributed by atoms with E-state index in [1.54, 1.807) is 49.6 Å². The van der Waals surface area contributed by atoms with Crippen LogP contribution in [-0.4, -0.2) is 59.8 Å². The van der Waals surface area contributed by atoms with Crippen molar-refractivity contribution in [2.24, 2.45) is 0 Å². The first-order chi connectivity index (χ1) is 35.7. The highest BCUT2D eigenvalue weighted by Gasteiger charge is 2.22. The van der Waals surface area contributed by atoms with Crippen LogP contribution >= 0.6 is 0 Å². The lowest BCUT2D eigenvalue weighted by atomic mass is 9.89. The third kappa shape index (κ3) is 7.01. The lowest BCUT2D eigenvalue weighted by Crippen LogP contribution is -2.02. The Hall–Kier alpha value is -10.2. The van der Waals surface area contributed by atoms with Crippen molar-refractivity contribution in [3.63, 3.8) is 0 Å². The molecule has 6 heterocycles. The molecule has 72 heavy (non-hydrogen) atoms. The fraction of sp³-hybridized carbons (Fsp3) is 0. The minimum atomic E-state index is 0.468. The van der Waals surface area contributed by atoms with E-state index in [4.69, 9.17) is 39.9 Å². The summed E-state index contributed by atoms with van der Waals surface area (Å²) >= 11 is 0. The molecule has 0 aliphatic heterocycles. The molecule has 0 spiro atoms. The highest BCUT2D eigenvalue weighted by atomic mass is 15.0. The van der Waals surface area contributed by atoms with Gasteiger partial charge in [0.15, 0.2) is 34.9 Å². The number of rotatable bonds is 8. The predicted octanol–water partition coefficient (Wildman–Crippen LogP) is 13.0. The number of hydrogen-bond donors (Lipinski definition) is 0. The molecule has 0 saturated heterocycles. The van der Waals surface area contributed by atoms with Crippen molar-refractivity contribution < 1.29 is 0 Å². The molecule has 6 aromatic heterocycles. The number of nitrogens with zero attached hydrogens (tertiary/aromatic N) is 12. The van der Waals surface area contributed by atoms with E-state index >= 15 is 0 Å². The number of benzene rings is 8. The lowest BCUT2D eigenvalue weighted by molar-refractivity contribution is 1.08. The van der Waals surface area contributed by atoms with E-state index in [1.165, 1.54) is 0 Å². The minimum Gasteiger partial charge on any atom is -0.265 e. The Kier molecular flexibility index (Phi) is 9.52. The molecule has 12 heteroatoms. The van der Waals surface area contributed by atoms with Crippen LogP contribution in [0.2, 0.25) is 0 Å². The van der Waals surface area contributed by atoms with E-state index in [0.29, 0.717) is 46.0 Å². The van der Waals surface area contributed by atoms with Crippen LogP contribution in [0.15, 0.2) is 207 Å². The highest BCUT2D eigenvalue weighted by molar-refractivity contribution is 6.27. The topological polar surface area (TPSA) is 155 Å². The summed E-state index contributed by atoms with van der Waals surface area (Å²) in [4.78, 5) is 58.2. The van der Waals surface area contributed by atoms with Gasteiger partial charge < -0.3 is 0 Å². The molecule has 0 atom stereocenters. The van der Waals surface area contributed by atoms with Crippen molar-refractivity contribution in [1.29, 1.82) is 0 Å². The smallest absolute Gasteiger partial charge is 0.166 e. The molecular formula is C60H34N12. The average molecular weight is 923 g/mol. The molecule has 0 fully saturated rings. The van der Waals surface area contributed by atoms with E-state index in [2.05, 4.69) is 117 Å². The van der Waals surface area contributed by atoms with Gasteiger partial charge in [-0.2, -0.15) is 0 Å². The molecule has 0 aliphatic carbocycles. The van der Waals surface area contributed by atoms with Crippen LogP contribution in [0.25, 0.3) is 145 Å². The molecule has 8 aromatic carbocycles. The van der Waals surface area contributed by atoms with Gasteiger partial charge in [0, 0.05) is 83.0 Å². The Balaban J connectivity index is 0.953. The van der Waals surface area contributed by atoms with Gasteiger partial charge in [-0.15, -0.1) is 0 Å². The molecule has 0 amide bonds. The predicted molar refractivity (Wildman–Crippen MR) is 282 cm³/mol. The summed E-state index contributed by atoms with van der Waals surface area (Å²) in [5.74, 6) is 3.14. The van der Waals surface area contributed by atoms with Gasteiger partial charge in [0.05, 0.1) is 22.1 Å². The first-order valence-corrected chi connectivity index (χ1v) is 23.3. The molecule has 0 N–H and O–H groups in total. The van der Waals surface area contributed by atoms with Gasteiger partial charge in [0.1, 0.15) is 0 Å².